The predicted molar refractivity (Wildman–Crippen MR) is 106 cm³/mol. The van der Waals surface area contributed by atoms with Gasteiger partial charge in [-0.15, -0.1) is 11.3 Å². The van der Waals surface area contributed by atoms with Crippen molar-refractivity contribution in [3.8, 4) is 0 Å². The van der Waals surface area contributed by atoms with E-state index in [1.165, 1.54) is 11.3 Å². The minimum absolute atomic E-state index is 0.0586. The monoisotopic (exact) mass is 413 g/mol. The van der Waals surface area contributed by atoms with Gasteiger partial charge in [-0.05, 0) is 31.5 Å². The topological polar surface area (TPSA) is 54.5 Å². The van der Waals surface area contributed by atoms with Crippen molar-refractivity contribution in [2.75, 3.05) is 25.0 Å². The zero-order valence-electron chi connectivity index (χ0n) is 14.7. The fourth-order valence-electron chi connectivity index (χ4n) is 3.08. The number of morpholine rings is 1. The van der Waals surface area contributed by atoms with E-state index in [-0.39, 0.29) is 18.1 Å². The number of rotatable bonds is 5. The van der Waals surface area contributed by atoms with Gasteiger partial charge in [0.05, 0.1) is 18.8 Å². The predicted octanol–water partition coefficient (Wildman–Crippen LogP) is 4.09. The third-order valence-corrected chi connectivity index (χ3v) is 5.54. The highest BCUT2D eigenvalue weighted by atomic mass is 35.5. The molecule has 1 amide bonds. The molecule has 5 nitrogen and oxygen atoms in total. The van der Waals surface area contributed by atoms with Gasteiger partial charge >= 0.3 is 0 Å². The van der Waals surface area contributed by atoms with Crippen molar-refractivity contribution in [1.82, 2.24) is 9.88 Å². The second kappa shape index (κ2) is 8.67. The van der Waals surface area contributed by atoms with E-state index in [9.17, 15) is 4.79 Å². The van der Waals surface area contributed by atoms with Crippen LogP contribution in [0.3, 0.4) is 0 Å². The molecule has 0 bridgehead atoms. The largest absolute Gasteiger partial charge is 0.373 e. The molecule has 8 heteroatoms. The Bertz CT molecular complexity index is 774. The van der Waals surface area contributed by atoms with Gasteiger partial charge in [0.15, 0.2) is 5.13 Å². The summed E-state index contributed by atoms with van der Waals surface area (Å²) in [5, 5.41) is 4.73. The fraction of sp³-hybridized carbons (Fsp3) is 0.444. The second-order valence-electron chi connectivity index (χ2n) is 6.54. The number of benzene rings is 1. The molecular formula is C18H21Cl2N3O2S. The van der Waals surface area contributed by atoms with Gasteiger partial charge in [0.1, 0.15) is 0 Å². The maximum Gasteiger partial charge on any atom is 0.240 e. The van der Waals surface area contributed by atoms with Crippen LogP contribution in [0, 0.1) is 0 Å². The molecule has 0 radical (unpaired) electrons. The van der Waals surface area contributed by atoms with Crippen LogP contribution in [0.5, 0.6) is 0 Å². The van der Waals surface area contributed by atoms with Crippen molar-refractivity contribution in [2.24, 2.45) is 0 Å². The summed E-state index contributed by atoms with van der Waals surface area (Å²) >= 11 is 13.6. The molecule has 1 N–H and O–H groups in total. The van der Waals surface area contributed by atoms with E-state index in [2.05, 4.69) is 15.2 Å². The molecule has 1 aliphatic rings. The van der Waals surface area contributed by atoms with Gasteiger partial charge in [0.2, 0.25) is 5.91 Å². The molecule has 1 aromatic carbocycles. The zero-order chi connectivity index (χ0) is 18.7. The molecule has 0 unspecified atom stereocenters. The van der Waals surface area contributed by atoms with Crippen LogP contribution in [0.15, 0.2) is 24.4 Å². The Hall–Kier alpha value is -1.18. The van der Waals surface area contributed by atoms with Crippen molar-refractivity contribution in [3.05, 3.63) is 44.9 Å². The number of anilines is 1. The molecule has 0 spiro atoms. The summed E-state index contributed by atoms with van der Waals surface area (Å²) in [7, 11) is 0. The number of thiazole rings is 1. The highest BCUT2D eigenvalue weighted by Gasteiger charge is 2.23. The first-order chi connectivity index (χ1) is 12.4. The summed E-state index contributed by atoms with van der Waals surface area (Å²) in [5.41, 5.74) is 0.980. The van der Waals surface area contributed by atoms with Crippen LogP contribution in [0.2, 0.25) is 10.0 Å². The molecule has 1 aromatic heterocycles. The van der Waals surface area contributed by atoms with Crippen molar-refractivity contribution in [3.63, 3.8) is 0 Å². The molecule has 2 heterocycles. The first kappa shape index (κ1) is 19.6. The Morgan fingerprint density at radius 1 is 1.35 bits per heavy atom. The third-order valence-electron chi connectivity index (χ3n) is 4.04. The number of amides is 1. The van der Waals surface area contributed by atoms with Gasteiger partial charge in [0.25, 0.3) is 0 Å². The summed E-state index contributed by atoms with van der Waals surface area (Å²) < 4.78 is 5.69. The summed E-state index contributed by atoms with van der Waals surface area (Å²) in [6.45, 7) is 5.91. The maximum absolute atomic E-state index is 12.3. The third kappa shape index (κ3) is 5.41. The van der Waals surface area contributed by atoms with E-state index in [1.54, 1.807) is 12.3 Å². The fourth-order valence-corrected chi connectivity index (χ4v) is 4.40. The Balaban J connectivity index is 1.55. The molecule has 1 aliphatic heterocycles. The number of halogens is 2. The van der Waals surface area contributed by atoms with Gasteiger partial charge < -0.3 is 10.1 Å². The lowest BCUT2D eigenvalue weighted by Gasteiger charge is -2.34. The number of carbonyl (C=O) groups excluding carboxylic acids is 1. The maximum atomic E-state index is 12.3. The second-order valence-corrected chi connectivity index (χ2v) is 8.50. The van der Waals surface area contributed by atoms with Crippen molar-refractivity contribution < 1.29 is 9.53 Å². The Labute approximate surface area is 167 Å². The van der Waals surface area contributed by atoms with Crippen LogP contribution < -0.4 is 5.32 Å². The van der Waals surface area contributed by atoms with Gasteiger partial charge in [0, 0.05) is 40.6 Å². The molecule has 1 fully saturated rings. The van der Waals surface area contributed by atoms with Crippen LogP contribution in [-0.4, -0.2) is 47.6 Å². The zero-order valence-corrected chi connectivity index (χ0v) is 17.0. The number of aromatic nitrogens is 1. The smallest absolute Gasteiger partial charge is 0.240 e. The molecule has 140 valence electrons. The van der Waals surface area contributed by atoms with Crippen molar-refractivity contribution in [1.29, 1.82) is 0 Å². The van der Waals surface area contributed by atoms with E-state index in [1.807, 2.05) is 26.0 Å². The standard InChI is InChI=1S/C18H21Cl2N3O2S/c1-11-8-23(9-12(2)25-11)10-17(24)22-18-21-7-15(26-18)5-13-3-4-14(19)6-16(13)20/h3-4,6-7,11-12H,5,8-10H2,1-2H3,(H,21,22,24)/t11-,12-/m0/s1. The average molecular weight is 414 g/mol. The van der Waals surface area contributed by atoms with Crippen molar-refractivity contribution >= 4 is 45.6 Å². The highest BCUT2D eigenvalue weighted by molar-refractivity contribution is 7.15. The molecule has 1 saturated heterocycles. The van der Waals surface area contributed by atoms with Gasteiger partial charge in [-0.1, -0.05) is 29.3 Å². The van der Waals surface area contributed by atoms with E-state index in [0.717, 1.165) is 23.5 Å². The molecular weight excluding hydrogens is 393 g/mol. The number of ether oxygens (including phenoxy) is 1. The summed E-state index contributed by atoms with van der Waals surface area (Å²) in [5.74, 6) is -0.0586. The van der Waals surface area contributed by atoms with E-state index in [0.29, 0.717) is 28.1 Å². The lowest BCUT2D eigenvalue weighted by Crippen LogP contribution is -2.48. The molecule has 0 aliphatic carbocycles. The number of nitrogens with zero attached hydrogens (tertiary/aromatic N) is 2. The van der Waals surface area contributed by atoms with Gasteiger partial charge in [-0.25, -0.2) is 4.98 Å². The normalized spacial score (nSPS) is 20.9. The minimum atomic E-state index is -0.0586. The Morgan fingerprint density at radius 2 is 2.08 bits per heavy atom. The Kier molecular flexibility index (Phi) is 6.53. The SMILES string of the molecule is C[C@H]1CN(CC(=O)Nc2ncc(Cc3ccc(Cl)cc3Cl)s2)C[C@H](C)O1. The number of hydrogen-bond donors (Lipinski definition) is 1. The van der Waals surface area contributed by atoms with E-state index in [4.69, 9.17) is 27.9 Å². The summed E-state index contributed by atoms with van der Waals surface area (Å²) in [6.07, 6.45) is 2.70. The lowest BCUT2D eigenvalue weighted by atomic mass is 10.1. The van der Waals surface area contributed by atoms with Crippen LogP contribution in [-0.2, 0) is 16.0 Å². The molecule has 0 saturated carbocycles. The minimum Gasteiger partial charge on any atom is -0.373 e. The molecule has 2 atom stereocenters. The lowest BCUT2D eigenvalue weighted by molar-refractivity contribution is -0.121. The summed E-state index contributed by atoms with van der Waals surface area (Å²) in [4.78, 5) is 19.7. The Morgan fingerprint density at radius 3 is 2.77 bits per heavy atom. The van der Waals surface area contributed by atoms with E-state index < -0.39 is 0 Å². The first-order valence-corrected chi connectivity index (χ1v) is 10.0. The van der Waals surface area contributed by atoms with Crippen molar-refractivity contribution in [2.45, 2.75) is 32.5 Å². The van der Waals surface area contributed by atoms with Crippen LogP contribution in [0.1, 0.15) is 24.3 Å². The summed E-state index contributed by atoms with van der Waals surface area (Å²) in [6, 6.07) is 5.45. The van der Waals surface area contributed by atoms with E-state index >= 15 is 0 Å². The molecule has 26 heavy (non-hydrogen) atoms. The highest BCUT2D eigenvalue weighted by Crippen LogP contribution is 2.27. The first-order valence-electron chi connectivity index (χ1n) is 8.45. The molecule has 2 aromatic rings. The molecule has 3 rings (SSSR count). The van der Waals surface area contributed by atoms with Crippen LogP contribution in [0.25, 0.3) is 0 Å². The average Bonchev–Trinajstić information content (AvgIpc) is 2.96. The number of nitrogens with one attached hydrogen (secondary N) is 1. The number of hydrogen-bond acceptors (Lipinski definition) is 5. The van der Waals surface area contributed by atoms with Crippen LogP contribution >= 0.6 is 34.5 Å². The van der Waals surface area contributed by atoms with Gasteiger partial charge in [-0.2, -0.15) is 0 Å². The quantitative estimate of drug-likeness (QED) is 0.801. The van der Waals surface area contributed by atoms with Crippen LogP contribution in [0.4, 0.5) is 5.13 Å². The van der Waals surface area contributed by atoms with Gasteiger partial charge in [-0.3, -0.25) is 9.69 Å². The number of carbonyl (C=O) groups is 1.